The van der Waals surface area contributed by atoms with Crippen molar-refractivity contribution in [3.8, 4) is 0 Å². The van der Waals surface area contributed by atoms with E-state index in [1.165, 1.54) is 5.56 Å². The van der Waals surface area contributed by atoms with E-state index in [0.29, 0.717) is 0 Å². The fourth-order valence-electron chi connectivity index (χ4n) is 1.78. The van der Waals surface area contributed by atoms with Crippen LogP contribution in [0.25, 0.3) is 0 Å². The zero-order valence-electron chi connectivity index (χ0n) is 10.2. The summed E-state index contributed by atoms with van der Waals surface area (Å²) in [6.45, 7) is 0. The lowest BCUT2D eigenvalue weighted by molar-refractivity contribution is -0.107. The number of hydrogen-bond donors (Lipinski definition) is 0. The van der Waals surface area contributed by atoms with Gasteiger partial charge in [0.25, 0.3) is 0 Å². The van der Waals surface area contributed by atoms with Crippen LogP contribution in [0.5, 0.6) is 0 Å². The van der Waals surface area contributed by atoms with Crippen LogP contribution in [-0.4, -0.2) is 11.5 Å². The van der Waals surface area contributed by atoms with Crippen molar-refractivity contribution in [2.45, 2.75) is 23.0 Å². The number of carbonyl (C=O) groups is 1. The molecule has 2 aromatic rings. The van der Waals surface area contributed by atoms with Crippen LogP contribution in [0.1, 0.15) is 12.0 Å². The maximum Gasteiger partial charge on any atom is 0.133 e. The summed E-state index contributed by atoms with van der Waals surface area (Å²) in [6, 6.07) is 20.4. The average Bonchev–Trinajstić information content (AvgIpc) is 2.45. The van der Waals surface area contributed by atoms with Gasteiger partial charge in [0.2, 0.25) is 0 Å². The zero-order chi connectivity index (χ0) is 12.6. The molecule has 0 spiro atoms. The number of aryl methyl sites for hydroxylation is 1. The molecule has 0 aromatic heterocycles. The maximum absolute atomic E-state index is 11.1. The molecule has 2 rings (SSSR count). The van der Waals surface area contributed by atoms with Gasteiger partial charge in [-0.3, -0.25) is 0 Å². The number of aldehydes is 1. The summed E-state index contributed by atoms with van der Waals surface area (Å²) in [5.41, 5.74) is 1.29. The second kappa shape index (κ2) is 7.02. The molecule has 0 aliphatic heterocycles. The summed E-state index contributed by atoms with van der Waals surface area (Å²) in [5, 5.41) is 0.0348. The second-order valence-corrected chi connectivity index (χ2v) is 5.44. The van der Waals surface area contributed by atoms with Gasteiger partial charge in [0.15, 0.2) is 0 Å². The number of rotatable bonds is 6. The van der Waals surface area contributed by atoms with Gasteiger partial charge in [-0.05, 0) is 30.5 Å². The maximum atomic E-state index is 11.1. The minimum absolute atomic E-state index is 0.0348. The molecule has 0 amide bonds. The van der Waals surface area contributed by atoms with Crippen molar-refractivity contribution in [2.75, 3.05) is 0 Å². The molecule has 92 valence electrons. The van der Waals surface area contributed by atoms with Crippen molar-refractivity contribution < 1.29 is 4.79 Å². The van der Waals surface area contributed by atoms with Crippen molar-refractivity contribution in [3.05, 3.63) is 66.2 Å². The zero-order valence-corrected chi connectivity index (χ0v) is 11.0. The quantitative estimate of drug-likeness (QED) is 0.574. The molecular formula is C16H16OS. The van der Waals surface area contributed by atoms with Gasteiger partial charge in [0.05, 0.1) is 5.25 Å². The van der Waals surface area contributed by atoms with Crippen molar-refractivity contribution in [3.63, 3.8) is 0 Å². The molecule has 0 N–H and O–H groups in total. The molecule has 1 unspecified atom stereocenters. The van der Waals surface area contributed by atoms with Crippen LogP contribution >= 0.6 is 11.8 Å². The Bertz CT molecular complexity index is 467. The first-order valence-corrected chi connectivity index (χ1v) is 6.97. The number of hydrogen-bond acceptors (Lipinski definition) is 2. The lowest BCUT2D eigenvalue weighted by atomic mass is 10.1. The van der Waals surface area contributed by atoms with E-state index < -0.39 is 0 Å². The SMILES string of the molecule is O=CC(CCc1ccccc1)Sc1ccccc1. The van der Waals surface area contributed by atoms with E-state index in [4.69, 9.17) is 0 Å². The highest BCUT2D eigenvalue weighted by molar-refractivity contribution is 8.00. The van der Waals surface area contributed by atoms with Crippen molar-refractivity contribution in [2.24, 2.45) is 0 Å². The topological polar surface area (TPSA) is 17.1 Å². The fourth-order valence-corrected chi connectivity index (χ4v) is 2.74. The normalized spacial score (nSPS) is 12.0. The van der Waals surface area contributed by atoms with Crippen LogP contribution in [0, 0.1) is 0 Å². The molecule has 0 saturated heterocycles. The molecule has 0 heterocycles. The van der Waals surface area contributed by atoms with Crippen molar-refractivity contribution in [1.82, 2.24) is 0 Å². The van der Waals surface area contributed by atoms with E-state index in [9.17, 15) is 4.79 Å². The monoisotopic (exact) mass is 256 g/mol. The van der Waals surface area contributed by atoms with Crippen LogP contribution in [0.2, 0.25) is 0 Å². The van der Waals surface area contributed by atoms with Crippen molar-refractivity contribution in [1.29, 1.82) is 0 Å². The Labute approximate surface area is 112 Å². The van der Waals surface area contributed by atoms with Crippen LogP contribution in [0.3, 0.4) is 0 Å². The van der Waals surface area contributed by atoms with Gasteiger partial charge in [0, 0.05) is 4.90 Å². The van der Waals surface area contributed by atoms with Gasteiger partial charge >= 0.3 is 0 Å². The molecule has 0 bridgehead atoms. The van der Waals surface area contributed by atoms with Crippen molar-refractivity contribution >= 4 is 18.0 Å². The molecule has 1 nitrogen and oxygen atoms in total. The molecule has 18 heavy (non-hydrogen) atoms. The van der Waals surface area contributed by atoms with E-state index in [0.717, 1.165) is 24.0 Å². The molecule has 2 aromatic carbocycles. The third-order valence-electron chi connectivity index (χ3n) is 2.74. The lowest BCUT2D eigenvalue weighted by Gasteiger charge is -2.09. The van der Waals surface area contributed by atoms with E-state index in [2.05, 4.69) is 12.1 Å². The van der Waals surface area contributed by atoms with Gasteiger partial charge in [-0.25, -0.2) is 0 Å². The predicted molar refractivity (Wildman–Crippen MR) is 76.9 cm³/mol. The molecule has 0 aliphatic carbocycles. The number of thioether (sulfide) groups is 1. The molecule has 0 radical (unpaired) electrons. The number of benzene rings is 2. The van der Waals surface area contributed by atoms with Crippen LogP contribution in [0.4, 0.5) is 0 Å². The largest absolute Gasteiger partial charge is 0.302 e. The first kappa shape index (κ1) is 12.9. The first-order valence-electron chi connectivity index (χ1n) is 6.09. The molecule has 2 heteroatoms. The highest BCUT2D eigenvalue weighted by atomic mass is 32.2. The standard InChI is InChI=1S/C16H16OS/c17-13-16(18-15-9-5-2-6-10-15)12-11-14-7-3-1-4-8-14/h1-10,13,16H,11-12H2. The third kappa shape index (κ3) is 4.04. The second-order valence-electron chi connectivity index (χ2n) is 4.13. The van der Waals surface area contributed by atoms with Gasteiger partial charge in [-0.15, -0.1) is 11.8 Å². The van der Waals surface area contributed by atoms with Gasteiger partial charge < -0.3 is 4.79 Å². The van der Waals surface area contributed by atoms with E-state index in [-0.39, 0.29) is 5.25 Å². The first-order chi connectivity index (χ1) is 8.88. The third-order valence-corrected chi connectivity index (χ3v) is 3.94. The summed E-state index contributed by atoms with van der Waals surface area (Å²) >= 11 is 1.64. The Balaban J connectivity index is 1.88. The summed E-state index contributed by atoms with van der Waals surface area (Å²) in [5.74, 6) is 0. The minimum Gasteiger partial charge on any atom is -0.302 e. The van der Waals surface area contributed by atoms with E-state index in [1.807, 2.05) is 48.5 Å². The summed E-state index contributed by atoms with van der Waals surface area (Å²) in [7, 11) is 0. The Kier molecular flexibility index (Phi) is 5.03. The lowest BCUT2D eigenvalue weighted by Crippen LogP contribution is -2.05. The highest BCUT2D eigenvalue weighted by Gasteiger charge is 2.09. The molecule has 0 aliphatic rings. The fraction of sp³-hybridized carbons (Fsp3) is 0.188. The van der Waals surface area contributed by atoms with E-state index >= 15 is 0 Å². The Morgan fingerprint density at radius 3 is 2.17 bits per heavy atom. The van der Waals surface area contributed by atoms with Crippen LogP contribution < -0.4 is 0 Å². The van der Waals surface area contributed by atoms with Gasteiger partial charge in [0.1, 0.15) is 6.29 Å². The van der Waals surface area contributed by atoms with E-state index in [1.54, 1.807) is 11.8 Å². The summed E-state index contributed by atoms with van der Waals surface area (Å²) in [4.78, 5) is 12.3. The van der Waals surface area contributed by atoms with Gasteiger partial charge in [-0.2, -0.15) is 0 Å². The Morgan fingerprint density at radius 2 is 1.56 bits per heavy atom. The Morgan fingerprint density at radius 1 is 0.944 bits per heavy atom. The molecule has 0 saturated carbocycles. The predicted octanol–water partition coefficient (Wildman–Crippen LogP) is 3.98. The average molecular weight is 256 g/mol. The summed E-state index contributed by atoms with van der Waals surface area (Å²) < 4.78 is 0. The minimum atomic E-state index is 0.0348. The van der Waals surface area contributed by atoms with Crippen LogP contribution in [-0.2, 0) is 11.2 Å². The van der Waals surface area contributed by atoms with Gasteiger partial charge in [-0.1, -0.05) is 48.5 Å². The highest BCUT2D eigenvalue weighted by Crippen LogP contribution is 2.24. The summed E-state index contributed by atoms with van der Waals surface area (Å²) in [6.07, 6.45) is 2.89. The molecular weight excluding hydrogens is 240 g/mol. The Hall–Kier alpha value is -1.54. The molecule has 0 fully saturated rings. The number of carbonyl (C=O) groups excluding carboxylic acids is 1. The molecule has 1 atom stereocenters. The van der Waals surface area contributed by atoms with Crippen LogP contribution in [0.15, 0.2) is 65.6 Å². The smallest absolute Gasteiger partial charge is 0.133 e.